The second kappa shape index (κ2) is 7.05. The maximum atomic E-state index is 12.7. The van der Waals surface area contributed by atoms with Gasteiger partial charge in [-0.1, -0.05) is 0 Å². The summed E-state index contributed by atoms with van der Waals surface area (Å²) in [6.07, 6.45) is -0.354. The van der Waals surface area contributed by atoms with Gasteiger partial charge in [0, 0.05) is 5.56 Å². The molecule has 0 heterocycles. The van der Waals surface area contributed by atoms with Gasteiger partial charge in [-0.15, -0.1) is 0 Å². The Morgan fingerprint density at radius 1 is 1.08 bits per heavy atom. The van der Waals surface area contributed by atoms with Crippen LogP contribution < -0.4 is 0 Å². The van der Waals surface area contributed by atoms with Crippen molar-refractivity contribution < 1.29 is 24.5 Å². The van der Waals surface area contributed by atoms with Crippen molar-refractivity contribution in [2.24, 2.45) is 0 Å². The molecule has 0 unspecified atom stereocenters. The van der Waals surface area contributed by atoms with Crippen LogP contribution >= 0.6 is 15.9 Å². The Balaban J connectivity index is 2.46. The molecule has 0 atom stereocenters. The number of aryl methyl sites for hydroxylation is 1. The highest BCUT2D eigenvalue weighted by Gasteiger charge is 2.20. The molecular weight excluding hydrogens is 376 g/mol. The van der Waals surface area contributed by atoms with E-state index in [-0.39, 0.29) is 34.3 Å². The third-order valence-electron chi connectivity index (χ3n) is 3.27. The zero-order chi connectivity index (χ0) is 18.0. The summed E-state index contributed by atoms with van der Waals surface area (Å²) in [5.74, 6) is -1.63. The third-order valence-corrected chi connectivity index (χ3v) is 3.88. The first-order valence-corrected chi connectivity index (χ1v) is 8.07. The van der Waals surface area contributed by atoms with Crippen LogP contribution in [0.2, 0.25) is 0 Å². The fraction of sp³-hybridized carbons (Fsp3) is 0.222. The Labute approximate surface area is 148 Å². The molecule has 0 spiro atoms. The smallest absolute Gasteiger partial charge is 0.342 e. The molecule has 5 nitrogen and oxygen atoms in total. The lowest BCUT2D eigenvalue weighted by Crippen LogP contribution is -2.13. The van der Waals surface area contributed by atoms with E-state index in [1.165, 1.54) is 18.2 Å². The van der Waals surface area contributed by atoms with Crippen LogP contribution in [0.15, 0.2) is 34.8 Å². The lowest BCUT2D eigenvalue weighted by atomic mass is 9.98. The summed E-state index contributed by atoms with van der Waals surface area (Å²) in [5, 5.41) is 19.9. The zero-order valence-corrected chi connectivity index (χ0v) is 15.0. The molecule has 0 amide bonds. The molecule has 0 bridgehead atoms. The standard InChI is InChI=1S/C18H17BrO5/c1-9(2)24-18(23)12-8-11(4-5-15(12)20)16(21)13-6-10(3)7-14(19)17(13)22/h4-9,20,22H,1-3H3. The Hall–Kier alpha value is -2.34. The molecule has 126 valence electrons. The topological polar surface area (TPSA) is 83.8 Å². The van der Waals surface area contributed by atoms with Crippen LogP contribution in [0, 0.1) is 6.92 Å². The highest BCUT2D eigenvalue weighted by molar-refractivity contribution is 9.10. The maximum absolute atomic E-state index is 12.7. The monoisotopic (exact) mass is 392 g/mol. The molecule has 0 aliphatic heterocycles. The van der Waals surface area contributed by atoms with Gasteiger partial charge < -0.3 is 14.9 Å². The van der Waals surface area contributed by atoms with Crippen molar-refractivity contribution in [1.82, 2.24) is 0 Å². The van der Waals surface area contributed by atoms with Gasteiger partial charge in [0.1, 0.15) is 17.1 Å². The second-order valence-electron chi connectivity index (χ2n) is 5.66. The number of carbonyl (C=O) groups is 2. The number of hydrogen-bond donors (Lipinski definition) is 2. The molecule has 0 aliphatic carbocycles. The minimum absolute atomic E-state index is 0.0965. The van der Waals surface area contributed by atoms with Crippen molar-refractivity contribution in [3.05, 3.63) is 57.1 Å². The third kappa shape index (κ3) is 3.76. The number of benzene rings is 2. The quantitative estimate of drug-likeness (QED) is 0.607. The van der Waals surface area contributed by atoms with E-state index in [4.69, 9.17) is 4.74 Å². The molecule has 0 aromatic heterocycles. The lowest BCUT2D eigenvalue weighted by molar-refractivity contribution is 0.0374. The average Bonchev–Trinajstić information content (AvgIpc) is 2.49. The van der Waals surface area contributed by atoms with Crippen molar-refractivity contribution in [3.8, 4) is 11.5 Å². The largest absolute Gasteiger partial charge is 0.507 e. The summed E-state index contributed by atoms with van der Waals surface area (Å²) < 4.78 is 5.46. The Morgan fingerprint density at radius 2 is 1.75 bits per heavy atom. The zero-order valence-electron chi connectivity index (χ0n) is 13.5. The first-order valence-electron chi connectivity index (χ1n) is 7.28. The maximum Gasteiger partial charge on any atom is 0.342 e. The van der Waals surface area contributed by atoms with Crippen LogP contribution in [0.1, 0.15) is 45.7 Å². The summed E-state index contributed by atoms with van der Waals surface area (Å²) in [6.45, 7) is 5.17. The van der Waals surface area contributed by atoms with Crippen molar-refractivity contribution in [1.29, 1.82) is 0 Å². The van der Waals surface area contributed by atoms with E-state index in [2.05, 4.69) is 15.9 Å². The molecule has 0 radical (unpaired) electrons. The summed E-state index contributed by atoms with van der Waals surface area (Å²) >= 11 is 3.20. The van der Waals surface area contributed by atoms with E-state index < -0.39 is 11.8 Å². The molecular formula is C18H17BrO5. The molecule has 0 saturated heterocycles. The van der Waals surface area contributed by atoms with Crippen LogP contribution in [-0.4, -0.2) is 28.1 Å². The highest BCUT2D eigenvalue weighted by Crippen LogP contribution is 2.31. The average molecular weight is 393 g/mol. The number of aromatic hydroxyl groups is 2. The molecule has 2 aromatic rings. The SMILES string of the molecule is Cc1cc(Br)c(O)c(C(=O)c2ccc(O)c(C(=O)OC(C)C)c2)c1. The van der Waals surface area contributed by atoms with Gasteiger partial charge >= 0.3 is 5.97 Å². The lowest BCUT2D eigenvalue weighted by Gasteiger charge is -2.11. The first kappa shape index (κ1) is 18.0. The number of phenols is 2. The fourth-order valence-electron chi connectivity index (χ4n) is 2.18. The van der Waals surface area contributed by atoms with Gasteiger partial charge in [0.25, 0.3) is 0 Å². The van der Waals surface area contributed by atoms with Crippen molar-refractivity contribution in [3.63, 3.8) is 0 Å². The predicted molar refractivity (Wildman–Crippen MR) is 92.6 cm³/mol. The Bertz CT molecular complexity index is 811. The number of halogens is 1. The van der Waals surface area contributed by atoms with Crippen LogP contribution in [-0.2, 0) is 4.74 Å². The van der Waals surface area contributed by atoms with Gasteiger partial charge in [-0.25, -0.2) is 4.79 Å². The molecule has 6 heteroatoms. The van der Waals surface area contributed by atoms with Crippen LogP contribution in [0.3, 0.4) is 0 Å². The first-order chi connectivity index (χ1) is 11.2. The van der Waals surface area contributed by atoms with Crippen LogP contribution in [0.4, 0.5) is 0 Å². The van der Waals surface area contributed by atoms with E-state index in [1.54, 1.807) is 32.9 Å². The van der Waals surface area contributed by atoms with Gasteiger partial charge in [0.05, 0.1) is 16.1 Å². The second-order valence-corrected chi connectivity index (χ2v) is 6.51. The summed E-state index contributed by atoms with van der Waals surface area (Å²) in [5.41, 5.74) is 0.967. The van der Waals surface area contributed by atoms with Crippen molar-refractivity contribution in [2.75, 3.05) is 0 Å². The van der Waals surface area contributed by atoms with Crippen molar-refractivity contribution >= 4 is 27.7 Å². The number of rotatable bonds is 4. The molecule has 2 rings (SSSR count). The van der Waals surface area contributed by atoms with Crippen LogP contribution in [0.5, 0.6) is 11.5 Å². The van der Waals surface area contributed by atoms with E-state index in [0.717, 1.165) is 5.56 Å². The van der Waals surface area contributed by atoms with Gasteiger partial charge in [-0.3, -0.25) is 4.79 Å². The molecule has 2 N–H and O–H groups in total. The minimum Gasteiger partial charge on any atom is -0.507 e. The number of carbonyl (C=O) groups excluding carboxylic acids is 2. The minimum atomic E-state index is -0.716. The van der Waals surface area contributed by atoms with Gasteiger partial charge in [0.2, 0.25) is 0 Å². The predicted octanol–water partition coefficient (Wildman–Crippen LogP) is 3.96. The van der Waals surface area contributed by atoms with Crippen LogP contribution in [0.25, 0.3) is 0 Å². The van der Waals surface area contributed by atoms with E-state index in [9.17, 15) is 19.8 Å². The van der Waals surface area contributed by atoms with Gasteiger partial charge in [-0.2, -0.15) is 0 Å². The summed E-state index contributed by atoms with van der Waals surface area (Å²) in [6, 6.07) is 7.15. The Kier molecular flexibility index (Phi) is 5.29. The Morgan fingerprint density at radius 3 is 2.38 bits per heavy atom. The number of ether oxygens (including phenoxy) is 1. The molecule has 2 aromatic carbocycles. The number of hydrogen-bond acceptors (Lipinski definition) is 5. The molecule has 0 aliphatic rings. The number of phenolic OH excluding ortho intramolecular Hbond substituents is 2. The number of esters is 1. The molecule has 0 saturated carbocycles. The molecule has 0 fully saturated rings. The van der Waals surface area contributed by atoms with E-state index >= 15 is 0 Å². The number of ketones is 1. The van der Waals surface area contributed by atoms with Gasteiger partial charge in [0.15, 0.2) is 5.78 Å². The normalized spacial score (nSPS) is 10.7. The van der Waals surface area contributed by atoms with E-state index in [0.29, 0.717) is 4.47 Å². The van der Waals surface area contributed by atoms with Gasteiger partial charge in [-0.05, 0) is 72.6 Å². The van der Waals surface area contributed by atoms with Crippen molar-refractivity contribution in [2.45, 2.75) is 26.9 Å². The van der Waals surface area contributed by atoms with E-state index in [1.807, 2.05) is 0 Å². The summed E-state index contributed by atoms with van der Waals surface area (Å²) in [4.78, 5) is 24.7. The summed E-state index contributed by atoms with van der Waals surface area (Å²) in [7, 11) is 0. The molecule has 24 heavy (non-hydrogen) atoms. The fourth-order valence-corrected chi connectivity index (χ4v) is 2.76. The highest BCUT2D eigenvalue weighted by atomic mass is 79.9.